The summed E-state index contributed by atoms with van der Waals surface area (Å²) >= 11 is 0. The Kier molecular flexibility index (Phi) is 8.33. The van der Waals surface area contributed by atoms with Crippen LogP contribution in [0.2, 0.25) is 0 Å². The van der Waals surface area contributed by atoms with E-state index in [2.05, 4.69) is 15.3 Å². The van der Waals surface area contributed by atoms with Gasteiger partial charge in [0.1, 0.15) is 0 Å². The number of methoxy groups -OCH3 is 3. The van der Waals surface area contributed by atoms with Gasteiger partial charge in [0.05, 0.1) is 38.0 Å². The average molecular weight is 449 g/mol. The van der Waals surface area contributed by atoms with Gasteiger partial charge in [-0.2, -0.15) is 0 Å². The maximum atomic E-state index is 13.7. The first-order valence-corrected chi connectivity index (χ1v) is 10.6. The molecule has 32 heavy (non-hydrogen) atoms. The molecule has 1 atom stereocenters. The van der Waals surface area contributed by atoms with Crippen LogP contribution in [-0.2, 0) is 4.74 Å². The predicted octanol–water partition coefficient (Wildman–Crippen LogP) is 4.15. The molecule has 2 heterocycles. The fourth-order valence-corrected chi connectivity index (χ4v) is 4.40. The Balaban J connectivity index is 1.67. The van der Waals surface area contributed by atoms with Crippen molar-refractivity contribution in [3.63, 3.8) is 0 Å². The quantitative estimate of drug-likeness (QED) is 0.619. The highest BCUT2D eigenvalue weighted by molar-refractivity contribution is 5.94. The van der Waals surface area contributed by atoms with Crippen LogP contribution in [0.3, 0.4) is 0 Å². The van der Waals surface area contributed by atoms with Gasteiger partial charge in [0.2, 0.25) is 11.8 Å². The minimum absolute atomic E-state index is 0.00293. The Hall–Kier alpha value is -2.81. The van der Waals surface area contributed by atoms with Crippen LogP contribution in [0.4, 0.5) is 8.78 Å². The van der Waals surface area contributed by atoms with Gasteiger partial charge in [-0.05, 0) is 55.2 Å². The molecule has 1 saturated carbocycles. The van der Waals surface area contributed by atoms with Crippen molar-refractivity contribution in [2.24, 2.45) is 5.92 Å². The maximum Gasteiger partial charge on any atom is 0.269 e. The average Bonchev–Trinajstić information content (AvgIpc) is 2.83. The molecule has 0 radical (unpaired) electrons. The third kappa shape index (κ3) is 5.51. The third-order valence-corrected chi connectivity index (χ3v) is 6.05. The van der Waals surface area contributed by atoms with Crippen LogP contribution in [-0.4, -0.2) is 49.9 Å². The summed E-state index contributed by atoms with van der Waals surface area (Å²) in [4.78, 5) is 20.7. The lowest BCUT2D eigenvalue weighted by atomic mass is 9.75. The fourth-order valence-electron chi connectivity index (χ4n) is 4.40. The molecule has 7 nitrogen and oxygen atoms in total. The number of hydrogen-bond acceptors (Lipinski definition) is 6. The molecule has 9 heteroatoms. The van der Waals surface area contributed by atoms with Gasteiger partial charge < -0.3 is 19.5 Å². The predicted molar refractivity (Wildman–Crippen MR) is 114 cm³/mol. The van der Waals surface area contributed by atoms with Crippen molar-refractivity contribution in [1.29, 1.82) is 0 Å². The maximum absolute atomic E-state index is 13.7. The van der Waals surface area contributed by atoms with Crippen LogP contribution in [0.5, 0.6) is 11.8 Å². The van der Waals surface area contributed by atoms with E-state index < -0.39 is 6.43 Å². The normalized spacial score (nSPS) is 19.4. The van der Waals surface area contributed by atoms with Crippen LogP contribution < -0.4 is 14.8 Å². The Labute approximate surface area is 186 Å². The van der Waals surface area contributed by atoms with Crippen LogP contribution >= 0.6 is 0 Å². The van der Waals surface area contributed by atoms with Crippen LogP contribution in [0.15, 0.2) is 30.6 Å². The molecule has 0 bridgehead atoms. The minimum atomic E-state index is -2.65. The standard InChI is InChI=1S/C23H29F2N3O4/c1-30-13-18(28-22(29)16-8-9-19(31-2)27-12-16)15-6-4-14(5-7-15)17-10-11-26-23(32-3)20(17)21(24)25/h8-12,14-15,18,21H,4-7,13H2,1-3H3,(H,28,29)/t14-,15-,18-/m0/s1. The van der Waals surface area contributed by atoms with Crippen molar-refractivity contribution < 1.29 is 27.8 Å². The van der Waals surface area contributed by atoms with Crippen LogP contribution in [0, 0.1) is 5.92 Å². The Morgan fingerprint density at radius 3 is 2.41 bits per heavy atom. The highest BCUT2D eigenvalue weighted by Crippen LogP contribution is 2.42. The number of halogens is 2. The van der Waals surface area contributed by atoms with Gasteiger partial charge in [-0.3, -0.25) is 4.79 Å². The highest BCUT2D eigenvalue weighted by Gasteiger charge is 2.32. The third-order valence-electron chi connectivity index (χ3n) is 6.05. The smallest absolute Gasteiger partial charge is 0.269 e. The van der Waals surface area contributed by atoms with E-state index in [1.54, 1.807) is 25.3 Å². The summed E-state index contributed by atoms with van der Waals surface area (Å²) in [5.41, 5.74) is 0.917. The molecule has 2 aromatic heterocycles. The number of rotatable bonds is 9. The van der Waals surface area contributed by atoms with Crippen molar-refractivity contribution in [3.05, 3.63) is 47.3 Å². The van der Waals surface area contributed by atoms with E-state index in [-0.39, 0.29) is 35.2 Å². The molecule has 1 N–H and O–H groups in total. The summed E-state index contributed by atoms with van der Waals surface area (Å²) in [6, 6.07) is 4.77. The minimum Gasteiger partial charge on any atom is -0.481 e. The lowest BCUT2D eigenvalue weighted by Gasteiger charge is -2.35. The molecule has 1 aliphatic rings. The topological polar surface area (TPSA) is 82.6 Å². The molecule has 1 amide bonds. The van der Waals surface area contributed by atoms with Crippen LogP contribution in [0.25, 0.3) is 0 Å². The summed E-state index contributed by atoms with van der Waals surface area (Å²) in [5, 5.41) is 3.05. The monoisotopic (exact) mass is 449 g/mol. The van der Waals surface area contributed by atoms with Crippen molar-refractivity contribution >= 4 is 5.91 Å². The molecule has 174 valence electrons. The largest absolute Gasteiger partial charge is 0.481 e. The number of hydrogen-bond donors (Lipinski definition) is 1. The van der Waals surface area contributed by atoms with Gasteiger partial charge in [-0.1, -0.05) is 0 Å². The SMILES string of the molecule is COC[C@H](NC(=O)c1ccc(OC)nc1)[C@H]1CC[C@H](c2ccnc(OC)c2C(F)F)CC1. The van der Waals surface area contributed by atoms with E-state index >= 15 is 0 Å². The van der Waals surface area contributed by atoms with E-state index in [0.717, 1.165) is 25.7 Å². The Morgan fingerprint density at radius 2 is 1.84 bits per heavy atom. The second-order valence-corrected chi connectivity index (χ2v) is 7.86. The molecule has 0 saturated heterocycles. The second kappa shape index (κ2) is 11.2. The first-order valence-electron chi connectivity index (χ1n) is 10.6. The molecule has 0 aliphatic heterocycles. The number of nitrogens with one attached hydrogen (secondary N) is 1. The van der Waals surface area contributed by atoms with E-state index in [1.165, 1.54) is 26.6 Å². The van der Waals surface area contributed by atoms with Gasteiger partial charge >= 0.3 is 0 Å². The summed E-state index contributed by atoms with van der Waals surface area (Å²) in [6.07, 6.45) is 3.38. The first kappa shape index (κ1) is 23.8. The molecule has 1 fully saturated rings. The zero-order valence-corrected chi connectivity index (χ0v) is 18.5. The molecular formula is C23H29F2N3O4. The summed E-state index contributed by atoms with van der Waals surface area (Å²) in [6.45, 7) is 0.371. The van der Waals surface area contributed by atoms with Crippen LogP contribution in [0.1, 0.15) is 59.5 Å². The zero-order chi connectivity index (χ0) is 23.1. The van der Waals surface area contributed by atoms with E-state index in [9.17, 15) is 13.6 Å². The second-order valence-electron chi connectivity index (χ2n) is 7.86. The lowest BCUT2D eigenvalue weighted by molar-refractivity contribution is 0.0816. The van der Waals surface area contributed by atoms with Gasteiger partial charge in [0.15, 0.2) is 0 Å². The Bertz CT molecular complexity index is 887. The first-order chi connectivity index (χ1) is 15.5. The molecular weight excluding hydrogens is 420 g/mol. The molecule has 0 aromatic carbocycles. The fraction of sp³-hybridized carbons (Fsp3) is 0.522. The zero-order valence-electron chi connectivity index (χ0n) is 18.5. The Morgan fingerprint density at radius 1 is 1.09 bits per heavy atom. The number of nitrogens with zero attached hydrogens (tertiary/aromatic N) is 2. The molecule has 0 spiro atoms. The number of carbonyl (C=O) groups is 1. The molecule has 3 rings (SSSR count). The summed E-state index contributed by atoms with van der Waals surface area (Å²) < 4.78 is 42.8. The lowest BCUT2D eigenvalue weighted by Crippen LogP contribution is -2.44. The van der Waals surface area contributed by atoms with Crippen molar-refractivity contribution in [1.82, 2.24) is 15.3 Å². The van der Waals surface area contributed by atoms with E-state index in [4.69, 9.17) is 14.2 Å². The van der Waals surface area contributed by atoms with E-state index in [1.807, 2.05) is 0 Å². The number of aromatic nitrogens is 2. The summed E-state index contributed by atoms with van der Waals surface area (Å²) in [7, 11) is 4.46. The van der Waals surface area contributed by atoms with Crippen molar-refractivity contribution in [3.8, 4) is 11.8 Å². The molecule has 2 aromatic rings. The number of ether oxygens (including phenoxy) is 3. The van der Waals surface area contributed by atoms with Crippen molar-refractivity contribution in [2.45, 2.75) is 44.1 Å². The number of amides is 1. The highest BCUT2D eigenvalue weighted by atomic mass is 19.3. The van der Waals surface area contributed by atoms with E-state index in [0.29, 0.717) is 23.6 Å². The van der Waals surface area contributed by atoms with Gasteiger partial charge in [-0.25, -0.2) is 18.7 Å². The molecule has 0 unspecified atom stereocenters. The van der Waals surface area contributed by atoms with Gasteiger partial charge in [0, 0.05) is 25.6 Å². The summed E-state index contributed by atoms with van der Waals surface area (Å²) in [5.74, 6) is 0.363. The number of carbonyl (C=O) groups excluding carboxylic acids is 1. The van der Waals surface area contributed by atoms with Crippen molar-refractivity contribution in [2.75, 3.05) is 27.9 Å². The van der Waals surface area contributed by atoms with Gasteiger partial charge in [0.25, 0.3) is 12.3 Å². The molecule has 1 aliphatic carbocycles. The number of alkyl halides is 2. The number of pyridine rings is 2. The van der Waals surface area contributed by atoms with Gasteiger partial charge in [-0.15, -0.1) is 0 Å².